The predicted molar refractivity (Wildman–Crippen MR) is 69.5 cm³/mol. The first-order valence-corrected chi connectivity index (χ1v) is 6.71. The van der Waals surface area contributed by atoms with Crippen molar-refractivity contribution in [3.8, 4) is 0 Å². The minimum Gasteiger partial charge on any atom is -0.395 e. The van der Waals surface area contributed by atoms with Crippen LogP contribution in [0.15, 0.2) is 6.20 Å². The van der Waals surface area contributed by atoms with E-state index in [0.717, 1.165) is 0 Å². The predicted octanol–water partition coefficient (Wildman–Crippen LogP) is 2.31. The smallest absolute Gasteiger partial charge is 0.224 e. The molecular formula is C9H13Cl2N3OS. The van der Waals surface area contributed by atoms with Gasteiger partial charge in [-0.15, -0.1) is 0 Å². The number of halogens is 2. The summed E-state index contributed by atoms with van der Waals surface area (Å²) in [6.07, 6.45) is 3.38. The zero-order valence-electron chi connectivity index (χ0n) is 8.94. The normalized spacial score (nSPS) is 14.6. The second-order valence-corrected chi connectivity index (χ2v) is 5.05. The first-order valence-electron chi connectivity index (χ1n) is 4.66. The Kier molecular flexibility index (Phi) is 5.61. The summed E-state index contributed by atoms with van der Waals surface area (Å²) in [5.74, 6) is 0.488. The number of hydrogen-bond acceptors (Lipinski definition) is 5. The van der Waals surface area contributed by atoms with Crippen molar-refractivity contribution >= 4 is 40.8 Å². The fourth-order valence-electron chi connectivity index (χ4n) is 1.19. The monoisotopic (exact) mass is 281 g/mol. The highest BCUT2D eigenvalue weighted by atomic mass is 35.5. The molecule has 0 spiro atoms. The fourth-order valence-corrected chi connectivity index (χ4v) is 2.10. The quantitative estimate of drug-likeness (QED) is 0.812. The molecule has 2 N–H and O–H groups in total. The van der Waals surface area contributed by atoms with E-state index >= 15 is 0 Å². The van der Waals surface area contributed by atoms with Crippen molar-refractivity contribution in [2.24, 2.45) is 0 Å². The molecule has 0 bridgehead atoms. The van der Waals surface area contributed by atoms with Crippen LogP contribution in [-0.4, -0.2) is 39.2 Å². The van der Waals surface area contributed by atoms with E-state index in [1.165, 1.54) is 6.20 Å². The molecule has 4 nitrogen and oxygen atoms in total. The van der Waals surface area contributed by atoms with Gasteiger partial charge in [0.1, 0.15) is 10.8 Å². The molecule has 90 valence electrons. The Hall–Kier alpha value is -0.230. The molecule has 1 heterocycles. The van der Waals surface area contributed by atoms with Crippen LogP contribution in [0.2, 0.25) is 10.3 Å². The maximum atomic E-state index is 9.15. The summed E-state index contributed by atoms with van der Waals surface area (Å²) in [4.78, 5) is 7.74. The SMILES string of the molecule is CSC(CO)C(C)Nc1nc(Cl)ncc1Cl. The van der Waals surface area contributed by atoms with Gasteiger partial charge in [0.15, 0.2) is 0 Å². The van der Waals surface area contributed by atoms with Crippen LogP contribution in [0.4, 0.5) is 5.82 Å². The number of hydrogen-bond donors (Lipinski definition) is 2. The molecular weight excluding hydrogens is 269 g/mol. The molecule has 0 saturated heterocycles. The molecule has 2 atom stereocenters. The lowest BCUT2D eigenvalue weighted by Gasteiger charge is -2.22. The Morgan fingerprint density at radius 2 is 2.25 bits per heavy atom. The Balaban J connectivity index is 2.75. The van der Waals surface area contributed by atoms with Gasteiger partial charge in [-0.2, -0.15) is 16.7 Å². The van der Waals surface area contributed by atoms with E-state index < -0.39 is 0 Å². The molecule has 2 unspecified atom stereocenters. The number of nitrogens with zero attached hydrogens (tertiary/aromatic N) is 2. The van der Waals surface area contributed by atoms with Crippen molar-refractivity contribution in [1.82, 2.24) is 9.97 Å². The third-order valence-electron chi connectivity index (χ3n) is 2.12. The van der Waals surface area contributed by atoms with E-state index in [1.807, 2.05) is 13.2 Å². The minimum absolute atomic E-state index is 0.0310. The number of anilines is 1. The molecule has 1 aromatic heterocycles. The minimum atomic E-state index is 0.0310. The maximum absolute atomic E-state index is 9.15. The Labute approximate surface area is 109 Å². The molecule has 0 radical (unpaired) electrons. The number of thioether (sulfide) groups is 1. The van der Waals surface area contributed by atoms with E-state index in [1.54, 1.807) is 11.8 Å². The van der Waals surface area contributed by atoms with Gasteiger partial charge in [-0.25, -0.2) is 4.98 Å². The van der Waals surface area contributed by atoms with Crippen LogP contribution in [0.25, 0.3) is 0 Å². The van der Waals surface area contributed by atoms with Gasteiger partial charge in [0.2, 0.25) is 5.28 Å². The summed E-state index contributed by atoms with van der Waals surface area (Å²) in [5.41, 5.74) is 0. The highest BCUT2D eigenvalue weighted by Crippen LogP contribution is 2.22. The summed E-state index contributed by atoms with van der Waals surface area (Å²) in [5, 5.41) is 12.9. The lowest BCUT2D eigenvalue weighted by Crippen LogP contribution is -2.31. The number of rotatable bonds is 5. The van der Waals surface area contributed by atoms with Crippen molar-refractivity contribution in [3.63, 3.8) is 0 Å². The van der Waals surface area contributed by atoms with Crippen molar-refractivity contribution in [1.29, 1.82) is 0 Å². The first-order chi connectivity index (χ1) is 7.58. The average Bonchev–Trinajstić information content (AvgIpc) is 2.25. The van der Waals surface area contributed by atoms with Gasteiger partial charge in [-0.05, 0) is 24.8 Å². The zero-order valence-corrected chi connectivity index (χ0v) is 11.3. The molecule has 0 aliphatic carbocycles. The van der Waals surface area contributed by atoms with E-state index in [9.17, 15) is 0 Å². The molecule has 0 saturated carbocycles. The van der Waals surface area contributed by atoms with Gasteiger partial charge >= 0.3 is 0 Å². The third-order valence-corrected chi connectivity index (χ3v) is 3.74. The largest absolute Gasteiger partial charge is 0.395 e. The van der Waals surface area contributed by atoms with Crippen LogP contribution in [0, 0.1) is 0 Å². The number of nitrogens with one attached hydrogen (secondary N) is 1. The van der Waals surface area contributed by atoms with Gasteiger partial charge in [0.05, 0.1) is 12.8 Å². The number of aliphatic hydroxyl groups is 1. The summed E-state index contributed by atoms with van der Waals surface area (Å²) in [6, 6.07) is 0.0310. The maximum Gasteiger partial charge on any atom is 0.224 e. The van der Waals surface area contributed by atoms with Crippen LogP contribution in [0.5, 0.6) is 0 Å². The molecule has 0 aliphatic heterocycles. The fraction of sp³-hybridized carbons (Fsp3) is 0.556. The standard InChI is InChI=1S/C9H13Cl2N3OS/c1-5(7(4-15)16-2)13-8-6(10)3-12-9(11)14-8/h3,5,7,15H,4H2,1-2H3,(H,12,13,14). The number of aliphatic hydroxyl groups excluding tert-OH is 1. The summed E-state index contributed by atoms with van der Waals surface area (Å²) in [7, 11) is 0. The molecule has 16 heavy (non-hydrogen) atoms. The molecule has 7 heteroatoms. The molecule has 0 aliphatic rings. The average molecular weight is 282 g/mol. The van der Waals surface area contributed by atoms with Gasteiger partial charge in [-0.1, -0.05) is 11.6 Å². The van der Waals surface area contributed by atoms with Gasteiger partial charge < -0.3 is 10.4 Å². The van der Waals surface area contributed by atoms with Crippen molar-refractivity contribution < 1.29 is 5.11 Å². The van der Waals surface area contributed by atoms with Gasteiger partial charge in [0.25, 0.3) is 0 Å². The van der Waals surface area contributed by atoms with E-state index in [4.69, 9.17) is 28.3 Å². The summed E-state index contributed by atoms with van der Waals surface area (Å²) >= 11 is 13.2. The lowest BCUT2D eigenvalue weighted by molar-refractivity contribution is 0.288. The third kappa shape index (κ3) is 3.66. The van der Waals surface area contributed by atoms with Crippen LogP contribution in [0.3, 0.4) is 0 Å². The molecule has 0 aromatic carbocycles. The van der Waals surface area contributed by atoms with Crippen molar-refractivity contribution in [2.45, 2.75) is 18.2 Å². The number of aromatic nitrogens is 2. The highest BCUT2D eigenvalue weighted by Gasteiger charge is 2.16. The van der Waals surface area contributed by atoms with Crippen LogP contribution in [-0.2, 0) is 0 Å². The Morgan fingerprint density at radius 3 is 2.81 bits per heavy atom. The second-order valence-electron chi connectivity index (χ2n) is 3.23. The highest BCUT2D eigenvalue weighted by molar-refractivity contribution is 7.99. The van der Waals surface area contributed by atoms with E-state index in [0.29, 0.717) is 10.8 Å². The second kappa shape index (κ2) is 6.49. The van der Waals surface area contributed by atoms with E-state index in [-0.39, 0.29) is 23.2 Å². The van der Waals surface area contributed by atoms with Crippen molar-refractivity contribution in [3.05, 3.63) is 16.5 Å². The van der Waals surface area contributed by atoms with Crippen molar-refractivity contribution in [2.75, 3.05) is 18.2 Å². The van der Waals surface area contributed by atoms with Crippen LogP contribution < -0.4 is 5.32 Å². The molecule has 1 aromatic rings. The molecule has 0 amide bonds. The van der Waals surface area contributed by atoms with Crippen LogP contribution >= 0.6 is 35.0 Å². The van der Waals surface area contributed by atoms with Gasteiger partial charge in [0, 0.05) is 11.3 Å². The van der Waals surface area contributed by atoms with Crippen LogP contribution in [0.1, 0.15) is 6.92 Å². The van der Waals surface area contributed by atoms with E-state index in [2.05, 4.69) is 15.3 Å². The lowest BCUT2D eigenvalue weighted by atomic mass is 10.2. The summed E-state index contributed by atoms with van der Waals surface area (Å²) in [6.45, 7) is 2.04. The molecule has 1 rings (SSSR count). The Bertz CT molecular complexity index is 350. The summed E-state index contributed by atoms with van der Waals surface area (Å²) < 4.78 is 0. The zero-order chi connectivity index (χ0) is 12.1. The molecule has 0 fully saturated rings. The van der Waals surface area contributed by atoms with Gasteiger partial charge in [-0.3, -0.25) is 0 Å². The first kappa shape index (κ1) is 13.8. The topological polar surface area (TPSA) is 58.0 Å². The Morgan fingerprint density at radius 1 is 1.56 bits per heavy atom.